The van der Waals surface area contributed by atoms with Gasteiger partial charge >= 0.3 is 12.1 Å². The molecule has 0 bridgehead atoms. The van der Waals surface area contributed by atoms with Gasteiger partial charge in [-0.3, -0.25) is 0 Å². The van der Waals surface area contributed by atoms with Crippen molar-refractivity contribution in [1.82, 2.24) is 14.7 Å². The number of rotatable bonds is 4. The Bertz CT molecular complexity index is 905. The van der Waals surface area contributed by atoms with Gasteiger partial charge in [-0.1, -0.05) is 24.3 Å². The van der Waals surface area contributed by atoms with Crippen LogP contribution in [0.5, 0.6) is 5.75 Å². The largest absolute Gasteiger partial charge is 0.495 e. The minimum absolute atomic E-state index is 0.0379. The van der Waals surface area contributed by atoms with E-state index in [9.17, 15) is 14.0 Å². The highest BCUT2D eigenvalue weighted by molar-refractivity contribution is 5.91. The molecule has 2 aliphatic rings. The first-order valence-corrected chi connectivity index (χ1v) is 9.54. The van der Waals surface area contributed by atoms with E-state index >= 15 is 0 Å². The fraction of sp³-hybridized carbons (Fsp3) is 0.333. The van der Waals surface area contributed by atoms with E-state index in [4.69, 9.17) is 4.74 Å². The summed E-state index contributed by atoms with van der Waals surface area (Å²) < 4.78 is 18.4. The van der Waals surface area contributed by atoms with Crippen LogP contribution in [0.2, 0.25) is 0 Å². The molecular formula is C21H23FN4O3. The Morgan fingerprint density at radius 1 is 1.14 bits per heavy atom. The van der Waals surface area contributed by atoms with Crippen molar-refractivity contribution in [2.75, 3.05) is 38.6 Å². The molecule has 1 unspecified atom stereocenters. The number of hydrogen-bond donors (Lipinski definition) is 1. The number of halogens is 1. The zero-order chi connectivity index (χ0) is 20.4. The second-order valence-electron chi connectivity index (χ2n) is 7.21. The summed E-state index contributed by atoms with van der Waals surface area (Å²) >= 11 is 0. The molecule has 1 atom stereocenters. The predicted molar refractivity (Wildman–Crippen MR) is 106 cm³/mol. The molecule has 0 spiro atoms. The lowest BCUT2D eigenvalue weighted by molar-refractivity contribution is 0.135. The number of amides is 4. The summed E-state index contributed by atoms with van der Waals surface area (Å²) in [5, 5.41) is 2.89. The van der Waals surface area contributed by atoms with Gasteiger partial charge in [-0.05, 0) is 29.8 Å². The Morgan fingerprint density at radius 3 is 2.66 bits per heavy atom. The topological polar surface area (TPSA) is 65.1 Å². The highest BCUT2D eigenvalue weighted by Gasteiger charge is 2.41. The molecule has 2 fully saturated rings. The first kappa shape index (κ1) is 19.0. The van der Waals surface area contributed by atoms with Crippen LogP contribution in [-0.4, -0.2) is 66.1 Å². The zero-order valence-corrected chi connectivity index (χ0v) is 16.2. The van der Waals surface area contributed by atoms with Gasteiger partial charge in [-0.25, -0.2) is 14.0 Å². The number of hydrogen-bond acceptors (Lipinski definition) is 3. The molecule has 0 aliphatic carbocycles. The van der Waals surface area contributed by atoms with E-state index in [0.717, 1.165) is 5.56 Å². The van der Waals surface area contributed by atoms with Crippen molar-refractivity contribution in [2.45, 2.75) is 12.6 Å². The second-order valence-corrected chi connectivity index (χ2v) is 7.21. The maximum Gasteiger partial charge on any atom is 0.322 e. The maximum atomic E-state index is 13.1. The zero-order valence-electron chi connectivity index (χ0n) is 16.2. The molecular weight excluding hydrogens is 375 g/mol. The molecule has 2 aliphatic heterocycles. The third kappa shape index (κ3) is 3.96. The molecule has 0 saturated carbocycles. The molecule has 0 radical (unpaired) electrons. The number of ether oxygens (including phenoxy) is 1. The molecule has 152 valence electrons. The van der Waals surface area contributed by atoms with Crippen LogP contribution < -0.4 is 10.1 Å². The van der Waals surface area contributed by atoms with E-state index in [-0.39, 0.29) is 23.9 Å². The number of piperazine rings is 1. The van der Waals surface area contributed by atoms with Crippen molar-refractivity contribution < 1.29 is 18.7 Å². The van der Waals surface area contributed by atoms with Crippen LogP contribution in [0.25, 0.3) is 0 Å². The fourth-order valence-corrected chi connectivity index (χ4v) is 3.85. The van der Waals surface area contributed by atoms with Crippen LogP contribution in [0.1, 0.15) is 5.56 Å². The summed E-state index contributed by atoms with van der Waals surface area (Å²) in [4.78, 5) is 30.7. The van der Waals surface area contributed by atoms with Crippen LogP contribution in [0.4, 0.5) is 19.7 Å². The van der Waals surface area contributed by atoms with Gasteiger partial charge in [0, 0.05) is 32.7 Å². The number of urea groups is 2. The van der Waals surface area contributed by atoms with Gasteiger partial charge in [0.1, 0.15) is 11.6 Å². The van der Waals surface area contributed by atoms with E-state index in [1.807, 2.05) is 17.0 Å². The number of carbonyl (C=O) groups is 2. The lowest BCUT2D eigenvalue weighted by Crippen LogP contribution is -2.54. The standard InChI is InChI=1S/C21H23FN4O3/c1-29-19-5-3-2-4-18(19)23-20(27)24-10-11-26-17(13-24)14-25(21(26)28)12-15-6-8-16(22)9-7-15/h2-9,17H,10-14H2,1H3,(H,23,27). The van der Waals surface area contributed by atoms with E-state index in [1.54, 1.807) is 41.2 Å². The number of carbonyl (C=O) groups excluding carboxylic acids is 2. The highest BCUT2D eigenvalue weighted by Crippen LogP contribution is 2.26. The molecule has 7 nitrogen and oxygen atoms in total. The van der Waals surface area contributed by atoms with Crippen molar-refractivity contribution in [3.05, 3.63) is 59.9 Å². The Balaban J connectivity index is 1.38. The maximum absolute atomic E-state index is 13.1. The minimum Gasteiger partial charge on any atom is -0.495 e. The first-order valence-electron chi connectivity index (χ1n) is 9.54. The van der Waals surface area contributed by atoms with Gasteiger partial charge in [0.25, 0.3) is 0 Å². The molecule has 2 aromatic rings. The van der Waals surface area contributed by atoms with Gasteiger partial charge in [0.15, 0.2) is 0 Å². The molecule has 2 saturated heterocycles. The number of para-hydroxylation sites is 2. The van der Waals surface area contributed by atoms with E-state index in [1.165, 1.54) is 12.1 Å². The third-order valence-corrected chi connectivity index (χ3v) is 5.35. The van der Waals surface area contributed by atoms with Crippen LogP contribution in [0.15, 0.2) is 48.5 Å². The van der Waals surface area contributed by atoms with Crippen molar-refractivity contribution in [3.63, 3.8) is 0 Å². The van der Waals surface area contributed by atoms with Crippen LogP contribution >= 0.6 is 0 Å². The predicted octanol–water partition coefficient (Wildman–Crippen LogP) is 2.99. The molecule has 4 rings (SSSR count). The van der Waals surface area contributed by atoms with Crippen molar-refractivity contribution >= 4 is 17.7 Å². The molecule has 2 heterocycles. The monoisotopic (exact) mass is 398 g/mol. The summed E-state index contributed by atoms with van der Waals surface area (Å²) in [6.07, 6.45) is 0. The Morgan fingerprint density at radius 2 is 1.90 bits per heavy atom. The normalized spacial score (nSPS) is 18.6. The number of nitrogens with one attached hydrogen (secondary N) is 1. The van der Waals surface area contributed by atoms with Gasteiger partial charge in [-0.2, -0.15) is 0 Å². The molecule has 2 aromatic carbocycles. The van der Waals surface area contributed by atoms with Gasteiger partial charge in [0.2, 0.25) is 0 Å². The summed E-state index contributed by atoms with van der Waals surface area (Å²) in [6, 6.07) is 13.1. The summed E-state index contributed by atoms with van der Waals surface area (Å²) in [5.74, 6) is 0.302. The molecule has 8 heteroatoms. The average Bonchev–Trinajstić information content (AvgIpc) is 3.05. The summed E-state index contributed by atoms with van der Waals surface area (Å²) in [7, 11) is 1.56. The quantitative estimate of drug-likeness (QED) is 0.861. The average molecular weight is 398 g/mol. The van der Waals surface area contributed by atoms with Gasteiger partial charge in [0.05, 0.1) is 18.8 Å². The Kier molecular flexibility index (Phi) is 5.24. The van der Waals surface area contributed by atoms with Gasteiger partial charge in [-0.15, -0.1) is 0 Å². The minimum atomic E-state index is -0.296. The highest BCUT2D eigenvalue weighted by atomic mass is 19.1. The SMILES string of the molecule is COc1ccccc1NC(=O)N1CCN2C(=O)N(Cc3ccc(F)cc3)CC2C1. The van der Waals surface area contributed by atoms with Crippen molar-refractivity contribution in [2.24, 2.45) is 0 Å². The number of anilines is 1. The fourth-order valence-electron chi connectivity index (χ4n) is 3.85. The lowest BCUT2D eigenvalue weighted by Gasteiger charge is -2.36. The summed E-state index contributed by atoms with van der Waals surface area (Å²) in [6.45, 7) is 2.39. The number of nitrogens with zero attached hydrogens (tertiary/aromatic N) is 3. The van der Waals surface area contributed by atoms with Crippen molar-refractivity contribution in [3.8, 4) is 5.75 Å². The first-order chi connectivity index (χ1) is 14.0. The molecule has 0 aromatic heterocycles. The van der Waals surface area contributed by atoms with Crippen LogP contribution in [0, 0.1) is 5.82 Å². The Hall–Kier alpha value is -3.29. The second kappa shape index (κ2) is 7.98. The third-order valence-electron chi connectivity index (χ3n) is 5.35. The number of fused-ring (bicyclic) bond motifs is 1. The molecule has 29 heavy (non-hydrogen) atoms. The van der Waals surface area contributed by atoms with E-state index in [0.29, 0.717) is 44.2 Å². The molecule has 1 N–H and O–H groups in total. The summed E-state index contributed by atoms with van der Waals surface area (Å²) in [5.41, 5.74) is 1.49. The van der Waals surface area contributed by atoms with Gasteiger partial charge < -0.3 is 24.8 Å². The van der Waals surface area contributed by atoms with Crippen molar-refractivity contribution in [1.29, 1.82) is 0 Å². The van der Waals surface area contributed by atoms with E-state index in [2.05, 4.69) is 5.32 Å². The van der Waals surface area contributed by atoms with Crippen LogP contribution in [-0.2, 0) is 6.54 Å². The lowest BCUT2D eigenvalue weighted by atomic mass is 10.2. The van der Waals surface area contributed by atoms with E-state index < -0.39 is 0 Å². The number of benzene rings is 2. The Labute approximate surface area is 168 Å². The van der Waals surface area contributed by atoms with Crippen LogP contribution in [0.3, 0.4) is 0 Å². The molecule has 4 amide bonds. The smallest absolute Gasteiger partial charge is 0.322 e. The number of methoxy groups -OCH3 is 1.